The van der Waals surface area contributed by atoms with Crippen molar-refractivity contribution >= 4 is 0 Å². The number of aliphatic hydroxyl groups is 2. The van der Waals surface area contributed by atoms with Crippen LogP contribution < -0.4 is 0 Å². The third kappa shape index (κ3) is 4.89. The summed E-state index contributed by atoms with van der Waals surface area (Å²) in [5.74, 6) is 0. The topological polar surface area (TPSA) is 62.2 Å². The van der Waals surface area contributed by atoms with E-state index in [9.17, 15) is 5.11 Å². The quantitative estimate of drug-likeness (QED) is 0.617. The highest BCUT2D eigenvalue weighted by Gasteiger charge is 2.33. The lowest BCUT2D eigenvalue weighted by Crippen LogP contribution is -2.45. The molecule has 0 aliphatic carbocycles. The SMILES string of the molecule is COCCN(CCO)CC1(CO)CCOCC1. The lowest BCUT2D eigenvalue weighted by Gasteiger charge is -2.39. The minimum absolute atomic E-state index is 0.0683. The van der Waals surface area contributed by atoms with Crippen molar-refractivity contribution in [1.29, 1.82) is 0 Å². The van der Waals surface area contributed by atoms with Crippen molar-refractivity contribution in [2.45, 2.75) is 12.8 Å². The lowest BCUT2D eigenvalue weighted by atomic mass is 9.80. The Hall–Kier alpha value is -0.200. The smallest absolute Gasteiger partial charge is 0.0589 e. The first-order valence-corrected chi connectivity index (χ1v) is 6.27. The van der Waals surface area contributed by atoms with Gasteiger partial charge in [-0.2, -0.15) is 0 Å². The molecule has 1 heterocycles. The normalized spacial score (nSPS) is 19.8. The Morgan fingerprint density at radius 1 is 1.24 bits per heavy atom. The van der Waals surface area contributed by atoms with Gasteiger partial charge in [-0.25, -0.2) is 0 Å². The van der Waals surface area contributed by atoms with Crippen LogP contribution in [0.3, 0.4) is 0 Å². The van der Waals surface area contributed by atoms with Gasteiger partial charge in [0.05, 0.1) is 19.8 Å². The zero-order valence-electron chi connectivity index (χ0n) is 10.7. The van der Waals surface area contributed by atoms with Crippen molar-refractivity contribution < 1.29 is 19.7 Å². The predicted molar refractivity (Wildman–Crippen MR) is 65.0 cm³/mol. The summed E-state index contributed by atoms with van der Waals surface area (Å²) in [6, 6.07) is 0. The molecule has 1 rings (SSSR count). The molecule has 0 aromatic carbocycles. The van der Waals surface area contributed by atoms with Gasteiger partial charge in [-0.15, -0.1) is 0 Å². The molecular weight excluding hydrogens is 222 g/mol. The summed E-state index contributed by atoms with van der Waals surface area (Å²) in [5, 5.41) is 18.7. The van der Waals surface area contributed by atoms with Crippen LogP contribution in [0, 0.1) is 5.41 Å². The third-order valence-electron chi connectivity index (χ3n) is 3.48. The van der Waals surface area contributed by atoms with E-state index in [1.165, 1.54) is 0 Å². The highest BCUT2D eigenvalue weighted by molar-refractivity contribution is 4.84. The Labute approximate surface area is 103 Å². The zero-order valence-corrected chi connectivity index (χ0v) is 10.7. The van der Waals surface area contributed by atoms with E-state index in [0.717, 1.165) is 39.1 Å². The van der Waals surface area contributed by atoms with Crippen LogP contribution in [0.1, 0.15) is 12.8 Å². The van der Waals surface area contributed by atoms with Crippen molar-refractivity contribution in [1.82, 2.24) is 4.90 Å². The van der Waals surface area contributed by atoms with Gasteiger partial charge in [0.1, 0.15) is 0 Å². The van der Waals surface area contributed by atoms with Gasteiger partial charge in [0, 0.05) is 45.4 Å². The first kappa shape index (κ1) is 14.9. The number of methoxy groups -OCH3 is 1. The maximum absolute atomic E-state index is 9.61. The number of nitrogens with zero attached hydrogens (tertiary/aromatic N) is 1. The standard InChI is InChI=1S/C12H25NO4/c1-16-9-5-13(4-6-14)10-12(11-15)2-7-17-8-3-12/h14-15H,2-11H2,1H3. The Balaban J connectivity index is 2.48. The van der Waals surface area contributed by atoms with Gasteiger partial charge < -0.3 is 19.7 Å². The van der Waals surface area contributed by atoms with Crippen molar-refractivity contribution in [3.8, 4) is 0 Å². The highest BCUT2D eigenvalue weighted by Crippen LogP contribution is 2.30. The molecule has 102 valence electrons. The lowest BCUT2D eigenvalue weighted by molar-refractivity contribution is -0.0384. The van der Waals surface area contributed by atoms with Crippen LogP contribution in [0.5, 0.6) is 0 Å². The summed E-state index contributed by atoms with van der Waals surface area (Å²) in [6.07, 6.45) is 1.77. The van der Waals surface area contributed by atoms with Gasteiger partial charge in [0.2, 0.25) is 0 Å². The fourth-order valence-corrected chi connectivity index (χ4v) is 2.28. The van der Waals surface area contributed by atoms with E-state index in [2.05, 4.69) is 4.90 Å². The monoisotopic (exact) mass is 247 g/mol. The molecule has 1 saturated heterocycles. The summed E-state index contributed by atoms with van der Waals surface area (Å²) in [5.41, 5.74) is -0.0683. The van der Waals surface area contributed by atoms with Crippen LogP contribution in [0.4, 0.5) is 0 Å². The number of aliphatic hydroxyl groups excluding tert-OH is 2. The molecule has 1 aliphatic heterocycles. The second-order valence-corrected chi connectivity index (χ2v) is 4.76. The van der Waals surface area contributed by atoms with Gasteiger partial charge in [0.15, 0.2) is 0 Å². The molecular formula is C12H25NO4. The molecule has 1 fully saturated rings. The summed E-state index contributed by atoms with van der Waals surface area (Å²) in [7, 11) is 1.67. The molecule has 0 aromatic rings. The third-order valence-corrected chi connectivity index (χ3v) is 3.48. The van der Waals surface area contributed by atoms with E-state index in [1.807, 2.05) is 0 Å². The number of rotatable bonds is 8. The minimum atomic E-state index is -0.0683. The Morgan fingerprint density at radius 3 is 2.47 bits per heavy atom. The number of hydrogen-bond acceptors (Lipinski definition) is 5. The van der Waals surface area contributed by atoms with Gasteiger partial charge in [-0.3, -0.25) is 4.90 Å². The van der Waals surface area contributed by atoms with E-state index >= 15 is 0 Å². The van der Waals surface area contributed by atoms with Crippen molar-refractivity contribution in [2.24, 2.45) is 5.41 Å². The van der Waals surface area contributed by atoms with Gasteiger partial charge in [-0.05, 0) is 12.8 Å². The van der Waals surface area contributed by atoms with Gasteiger partial charge >= 0.3 is 0 Å². The average molecular weight is 247 g/mol. The molecule has 17 heavy (non-hydrogen) atoms. The van der Waals surface area contributed by atoms with Crippen molar-refractivity contribution in [2.75, 3.05) is 59.8 Å². The summed E-state index contributed by atoms with van der Waals surface area (Å²) in [4.78, 5) is 2.16. The average Bonchev–Trinajstić information content (AvgIpc) is 2.37. The molecule has 0 atom stereocenters. The second-order valence-electron chi connectivity index (χ2n) is 4.76. The van der Waals surface area contributed by atoms with Crippen LogP contribution in [0.25, 0.3) is 0 Å². The largest absolute Gasteiger partial charge is 0.396 e. The molecule has 1 aliphatic rings. The number of ether oxygens (including phenoxy) is 2. The van der Waals surface area contributed by atoms with E-state index in [0.29, 0.717) is 13.2 Å². The Kier molecular flexibility index (Phi) is 6.99. The summed E-state index contributed by atoms with van der Waals surface area (Å²) < 4.78 is 10.4. The second kappa shape index (κ2) is 8.00. The molecule has 0 aromatic heterocycles. The van der Waals surface area contributed by atoms with Crippen molar-refractivity contribution in [3.05, 3.63) is 0 Å². The molecule has 5 nitrogen and oxygen atoms in total. The molecule has 0 saturated carbocycles. The van der Waals surface area contributed by atoms with E-state index in [1.54, 1.807) is 7.11 Å². The highest BCUT2D eigenvalue weighted by atomic mass is 16.5. The van der Waals surface area contributed by atoms with E-state index in [-0.39, 0.29) is 18.6 Å². The maximum atomic E-state index is 9.61. The van der Waals surface area contributed by atoms with Crippen LogP contribution in [0.15, 0.2) is 0 Å². The first-order valence-electron chi connectivity index (χ1n) is 6.27. The zero-order chi connectivity index (χ0) is 12.6. The molecule has 2 N–H and O–H groups in total. The van der Waals surface area contributed by atoms with Crippen LogP contribution in [-0.4, -0.2) is 74.9 Å². The molecule has 5 heteroatoms. The van der Waals surface area contributed by atoms with Crippen molar-refractivity contribution in [3.63, 3.8) is 0 Å². The van der Waals surface area contributed by atoms with Crippen LogP contribution >= 0.6 is 0 Å². The fraction of sp³-hybridized carbons (Fsp3) is 1.00. The van der Waals surface area contributed by atoms with Gasteiger partial charge in [-0.1, -0.05) is 0 Å². The summed E-state index contributed by atoms with van der Waals surface area (Å²) in [6.45, 7) is 4.64. The predicted octanol–water partition coefficient (Wildman–Crippen LogP) is -0.284. The fourth-order valence-electron chi connectivity index (χ4n) is 2.28. The van der Waals surface area contributed by atoms with Crippen LogP contribution in [-0.2, 0) is 9.47 Å². The number of hydrogen-bond donors (Lipinski definition) is 2. The molecule has 0 unspecified atom stereocenters. The molecule has 0 spiro atoms. The first-order chi connectivity index (χ1) is 8.26. The molecule has 0 bridgehead atoms. The van der Waals surface area contributed by atoms with Crippen LogP contribution in [0.2, 0.25) is 0 Å². The van der Waals surface area contributed by atoms with Gasteiger partial charge in [0.25, 0.3) is 0 Å². The minimum Gasteiger partial charge on any atom is -0.396 e. The van der Waals surface area contributed by atoms with E-state index < -0.39 is 0 Å². The Bertz CT molecular complexity index is 195. The molecule has 0 amide bonds. The summed E-state index contributed by atoms with van der Waals surface area (Å²) >= 11 is 0. The van der Waals surface area contributed by atoms with E-state index in [4.69, 9.17) is 14.6 Å². The Morgan fingerprint density at radius 2 is 1.94 bits per heavy atom. The maximum Gasteiger partial charge on any atom is 0.0589 e. The molecule has 0 radical (unpaired) electrons.